The summed E-state index contributed by atoms with van der Waals surface area (Å²) < 4.78 is 0. The molecule has 1 aliphatic heterocycles. The molecule has 0 bridgehead atoms. The quantitative estimate of drug-likeness (QED) is 0.486. The Balaban J connectivity index is 2.51. The van der Waals surface area contributed by atoms with Crippen molar-refractivity contribution in [1.82, 2.24) is 0 Å². The molecule has 0 saturated heterocycles. The highest BCUT2D eigenvalue weighted by atomic mass is 33.5. The third-order valence-electron chi connectivity index (χ3n) is 0.626. The van der Waals surface area contributed by atoms with Gasteiger partial charge < -0.3 is 4.84 Å². The van der Waals surface area contributed by atoms with Crippen LogP contribution in [0.4, 0.5) is 0 Å². The first kappa shape index (κ1) is 7.33. The monoisotopic (exact) mass is 181 g/mol. The van der Waals surface area contributed by atoms with Crippen molar-refractivity contribution < 1.29 is 9.63 Å². The number of carbonyl (C=O) groups excluding carboxylic acids is 1. The van der Waals surface area contributed by atoms with E-state index in [2.05, 4.69) is 10.7 Å². The first-order valence-corrected chi connectivity index (χ1v) is 5.50. The van der Waals surface area contributed by atoms with E-state index < -0.39 is 5.97 Å². The number of hydrogen-bond donors (Lipinski definition) is 1. The van der Waals surface area contributed by atoms with Gasteiger partial charge in [0.2, 0.25) is 0 Å². The second kappa shape index (κ2) is 3.40. The molecule has 0 fully saturated rings. The molecule has 0 radical (unpaired) electrons. The van der Waals surface area contributed by atoms with E-state index in [-0.39, 0.29) is 0 Å². The van der Waals surface area contributed by atoms with Crippen LogP contribution in [0.2, 0.25) is 0 Å². The Morgan fingerprint density at radius 3 is 3.00 bits per heavy atom. The first-order chi connectivity index (χ1) is 4.34. The number of hydrogen-bond acceptors (Lipinski definition) is 6. The van der Waals surface area contributed by atoms with Gasteiger partial charge in [-0.1, -0.05) is 10.8 Å². The Morgan fingerprint density at radius 2 is 2.56 bits per heavy atom. The van der Waals surface area contributed by atoms with E-state index in [4.69, 9.17) is 0 Å². The molecule has 1 aliphatic rings. The molecule has 1 heterocycles. The molecule has 0 unspecified atom stereocenters. The molecule has 6 heteroatoms. The fourth-order valence-corrected chi connectivity index (χ4v) is 3.88. The Bertz CT molecular complexity index is 157. The molecule has 0 saturated carbocycles. The molecule has 3 nitrogen and oxygen atoms in total. The van der Waals surface area contributed by atoms with Crippen LogP contribution in [-0.4, -0.2) is 5.97 Å². The molecule has 50 valence electrons. The van der Waals surface area contributed by atoms with E-state index >= 15 is 0 Å². The van der Waals surface area contributed by atoms with Crippen molar-refractivity contribution in [2.75, 3.05) is 0 Å². The molecular formula is C3H3NO2S3. The smallest absolute Gasteiger partial charge is 0.364 e. The van der Waals surface area contributed by atoms with E-state index in [0.717, 1.165) is 0 Å². The van der Waals surface area contributed by atoms with Crippen molar-refractivity contribution in [2.24, 2.45) is 5.90 Å². The molecule has 0 aromatic rings. The normalized spacial score (nSPS) is 17.2. The Kier molecular flexibility index (Phi) is 2.77. The zero-order valence-corrected chi connectivity index (χ0v) is 6.65. The minimum Gasteiger partial charge on any atom is -0.369 e. The van der Waals surface area contributed by atoms with Gasteiger partial charge >= 0.3 is 5.97 Å². The zero-order valence-electron chi connectivity index (χ0n) is 4.20. The maximum absolute atomic E-state index is 10.6. The Labute approximate surface area is 63.5 Å². The highest BCUT2D eigenvalue weighted by molar-refractivity contribution is 9.12. The van der Waals surface area contributed by atoms with Gasteiger partial charge in [-0.15, -0.1) is 0 Å². The van der Waals surface area contributed by atoms with Crippen LogP contribution in [-0.2, 0) is 9.63 Å². The molecule has 1 rings (SSSR count). The molecule has 9 heavy (non-hydrogen) atoms. The lowest BCUT2D eigenvalue weighted by Crippen LogP contribution is -2.09. The van der Waals surface area contributed by atoms with Crippen LogP contribution in [0.15, 0.2) is 10.3 Å². The van der Waals surface area contributed by atoms with E-state index in [1.165, 1.54) is 31.4 Å². The van der Waals surface area contributed by atoms with Gasteiger partial charge in [0.15, 0.2) is 0 Å². The molecule has 0 atom stereocenters. The minimum atomic E-state index is -0.461. The van der Waals surface area contributed by atoms with Gasteiger partial charge in [0.25, 0.3) is 0 Å². The molecule has 0 amide bonds. The predicted octanol–water partition coefficient (Wildman–Crippen LogP) is 1.29. The van der Waals surface area contributed by atoms with E-state index in [1.54, 1.807) is 5.41 Å². The van der Waals surface area contributed by atoms with Crippen molar-refractivity contribution in [3.05, 3.63) is 10.3 Å². The van der Waals surface area contributed by atoms with Crippen molar-refractivity contribution in [2.45, 2.75) is 0 Å². The van der Waals surface area contributed by atoms with Crippen LogP contribution < -0.4 is 5.90 Å². The third kappa shape index (κ3) is 1.82. The fourth-order valence-electron chi connectivity index (χ4n) is 0.279. The zero-order chi connectivity index (χ0) is 6.69. The van der Waals surface area contributed by atoms with Crippen LogP contribution in [0, 0.1) is 0 Å². The SMILES string of the molecule is NOC(=O)C1=CSSS1. The number of nitrogens with two attached hydrogens (primary N) is 1. The predicted molar refractivity (Wildman–Crippen MR) is 41.1 cm³/mol. The highest BCUT2D eigenvalue weighted by Crippen LogP contribution is 2.48. The lowest BCUT2D eigenvalue weighted by molar-refractivity contribution is -0.138. The van der Waals surface area contributed by atoms with Crippen LogP contribution >= 0.6 is 31.4 Å². The van der Waals surface area contributed by atoms with Crippen molar-refractivity contribution in [3.63, 3.8) is 0 Å². The van der Waals surface area contributed by atoms with Gasteiger partial charge in [0.05, 0.1) is 0 Å². The summed E-state index contributed by atoms with van der Waals surface area (Å²) in [5.74, 6) is 4.17. The molecule has 0 aromatic heterocycles. The van der Waals surface area contributed by atoms with Crippen LogP contribution in [0.1, 0.15) is 0 Å². The topological polar surface area (TPSA) is 52.3 Å². The van der Waals surface area contributed by atoms with Crippen molar-refractivity contribution >= 4 is 37.4 Å². The first-order valence-electron chi connectivity index (χ1n) is 1.96. The molecule has 0 aromatic carbocycles. The fraction of sp³-hybridized carbons (Fsp3) is 0. The lowest BCUT2D eigenvalue weighted by atomic mass is 10.7. The van der Waals surface area contributed by atoms with E-state index in [1.807, 2.05) is 0 Å². The van der Waals surface area contributed by atoms with Gasteiger partial charge in [-0.3, -0.25) is 0 Å². The summed E-state index contributed by atoms with van der Waals surface area (Å²) in [4.78, 5) is 15.1. The van der Waals surface area contributed by atoms with Gasteiger partial charge in [-0.05, 0) is 20.6 Å². The highest BCUT2D eigenvalue weighted by Gasteiger charge is 2.15. The van der Waals surface area contributed by atoms with Crippen LogP contribution in [0.3, 0.4) is 0 Å². The lowest BCUT2D eigenvalue weighted by Gasteiger charge is -1.92. The summed E-state index contributed by atoms with van der Waals surface area (Å²) in [6.45, 7) is 0. The summed E-state index contributed by atoms with van der Waals surface area (Å²) in [5, 5.41) is 1.71. The van der Waals surface area contributed by atoms with Crippen LogP contribution in [0.25, 0.3) is 0 Å². The van der Waals surface area contributed by atoms with E-state index in [9.17, 15) is 4.79 Å². The van der Waals surface area contributed by atoms with Crippen LogP contribution in [0.5, 0.6) is 0 Å². The average Bonchev–Trinajstić information content (AvgIpc) is 2.37. The minimum absolute atomic E-state index is 0.461. The summed E-state index contributed by atoms with van der Waals surface area (Å²) in [6, 6.07) is 0. The van der Waals surface area contributed by atoms with Gasteiger partial charge in [0.1, 0.15) is 4.91 Å². The summed E-state index contributed by atoms with van der Waals surface area (Å²) >= 11 is 0. The largest absolute Gasteiger partial charge is 0.369 e. The maximum Gasteiger partial charge on any atom is 0.364 e. The third-order valence-corrected chi connectivity index (χ3v) is 4.30. The number of rotatable bonds is 1. The van der Waals surface area contributed by atoms with Crippen molar-refractivity contribution in [1.29, 1.82) is 0 Å². The second-order valence-electron chi connectivity index (χ2n) is 1.14. The number of carbonyl (C=O) groups is 1. The standard InChI is InChI=1S/C3H3NO2S3/c4-6-3(5)2-1-7-9-8-2/h1H,4H2. The molecular weight excluding hydrogens is 178 g/mol. The maximum atomic E-state index is 10.6. The van der Waals surface area contributed by atoms with Gasteiger partial charge in [0, 0.05) is 5.41 Å². The summed E-state index contributed by atoms with van der Waals surface area (Å²) in [5.41, 5.74) is 0. The summed E-state index contributed by atoms with van der Waals surface area (Å²) in [7, 11) is 4.36. The van der Waals surface area contributed by atoms with Gasteiger partial charge in [-0.2, -0.15) is 5.90 Å². The Hall–Kier alpha value is 0.220. The Morgan fingerprint density at radius 1 is 1.78 bits per heavy atom. The molecule has 0 spiro atoms. The van der Waals surface area contributed by atoms with Gasteiger partial charge in [-0.25, -0.2) is 4.79 Å². The second-order valence-corrected chi connectivity index (χ2v) is 5.02. The van der Waals surface area contributed by atoms with Crippen molar-refractivity contribution in [3.8, 4) is 0 Å². The van der Waals surface area contributed by atoms with E-state index in [0.29, 0.717) is 4.91 Å². The molecule has 2 N–H and O–H groups in total. The molecule has 0 aliphatic carbocycles. The summed E-state index contributed by atoms with van der Waals surface area (Å²) in [6.07, 6.45) is 0. The average molecular weight is 181 g/mol.